The van der Waals surface area contributed by atoms with E-state index in [2.05, 4.69) is 10.3 Å². The molecule has 0 fully saturated rings. The van der Waals surface area contributed by atoms with Crippen molar-refractivity contribution >= 4 is 30.5 Å². The van der Waals surface area contributed by atoms with Crippen molar-refractivity contribution in [2.45, 2.75) is 0 Å². The van der Waals surface area contributed by atoms with Gasteiger partial charge in [-0.1, -0.05) is 0 Å². The van der Waals surface area contributed by atoms with Gasteiger partial charge in [-0.2, -0.15) is 0 Å². The molecule has 0 unspecified atom stereocenters. The molecule has 0 aliphatic carbocycles. The van der Waals surface area contributed by atoms with Crippen molar-refractivity contribution < 1.29 is 0 Å². The first kappa shape index (κ1) is 14.0. The topological polar surface area (TPSA) is 50.9 Å². The van der Waals surface area contributed by atoms with Crippen LogP contribution in [-0.2, 0) is 0 Å². The molecule has 1 rings (SSSR count). The number of halogens is 2. The van der Waals surface area contributed by atoms with Crippen LogP contribution in [0.1, 0.15) is 0 Å². The first-order valence-corrected chi connectivity index (χ1v) is 3.27. The average molecular weight is 210 g/mol. The molecule has 0 aromatic carbocycles. The minimum absolute atomic E-state index is 0. The highest BCUT2D eigenvalue weighted by Gasteiger charge is 1.85. The Morgan fingerprint density at radius 3 is 2.67 bits per heavy atom. The summed E-state index contributed by atoms with van der Waals surface area (Å²) in [5.74, 6) is 0. The molecule has 0 saturated carbocycles. The van der Waals surface area contributed by atoms with E-state index in [1.165, 1.54) is 0 Å². The first-order valence-electron chi connectivity index (χ1n) is 3.27. The zero-order valence-corrected chi connectivity index (χ0v) is 8.20. The lowest BCUT2D eigenvalue weighted by atomic mass is 10.4. The molecule has 12 heavy (non-hydrogen) atoms. The van der Waals surface area contributed by atoms with Crippen molar-refractivity contribution in [2.75, 3.05) is 18.4 Å². The van der Waals surface area contributed by atoms with E-state index in [1.807, 2.05) is 12.1 Å². The van der Waals surface area contributed by atoms with Gasteiger partial charge in [-0.05, 0) is 12.1 Å². The van der Waals surface area contributed by atoms with Gasteiger partial charge >= 0.3 is 0 Å². The number of anilines is 1. The van der Waals surface area contributed by atoms with Crippen LogP contribution in [0.25, 0.3) is 0 Å². The zero-order valence-electron chi connectivity index (χ0n) is 6.56. The summed E-state index contributed by atoms with van der Waals surface area (Å²) in [5, 5.41) is 3.11. The maximum absolute atomic E-state index is 5.29. The Balaban J connectivity index is 0. The van der Waals surface area contributed by atoms with Gasteiger partial charge in [0.05, 0.1) is 5.69 Å². The Labute approximate surface area is 84.6 Å². The summed E-state index contributed by atoms with van der Waals surface area (Å²) < 4.78 is 0. The average Bonchev–Trinajstić information content (AvgIpc) is 2.03. The summed E-state index contributed by atoms with van der Waals surface area (Å²) in [7, 11) is 0. The van der Waals surface area contributed by atoms with Crippen LogP contribution in [-0.4, -0.2) is 18.1 Å². The third-order valence-electron chi connectivity index (χ3n) is 1.13. The number of nitrogens with zero attached hydrogens (tertiary/aromatic N) is 1. The molecule has 0 bridgehead atoms. The molecule has 0 aliphatic heterocycles. The van der Waals surface area contributed by atoms with Gasteiger partial charge < -0.3 is 11.1 Å². The molecule has 0 atom stereocenters. The van der Waals surface area contributed by atoms with Crippen molar-refractivity contribution in [3.63, 3.8) is 0 Å². The van der Waals surface area contributed by atoms with Crippen molar-refractivity contribution in [2.24, 2.45) is 5.73 Å². The fourth-order valence-electron chi connectivity index (χ4n) is 0.684. The second kappa shape index (κ2) is 8.59. The Morgan fingerprint density at radius 2 is 2.17 bits per heavy atom. The lowest BCUT2D eigenvalue weighted by molar-refractivity contribution is 1.02. The molecule has 0 radical (unpaired) electrons. The minimum atomic E-state index is 0. The third kappa shape index (κ3) is 5.18. The molecule has 0 spiro atoms. The zero-order chi connectivity index (χ0) is 7.23. The van der Waals surface area contributed by atoms with Crippen molar-refractivity contribution in [3.8, 4) is 0 Å². The van der Waals surface area contributed by atoms with Crippen LogP contribution < -0.4 is 11.1 Å². The fourth-order valence-corrected chi connectivity index (χ4v) is 0.684. The smallest absolute Gasteiger partial charge is 0.0527 e. The summed E-state index contributed by atoms with van der Waals surface area (Å²) in [6.07, 6.45) is 3.52. The van der Waals surface area contributed by atoms with E-state index in [-0.39, 0.29) is 24.8 Å². The van der Waals surface area contributed by atoms with E-state index in [1.54, 1.807) is 12.4 Å². The standard InChI is InChI=1S/C7H11N3.2ClH/c8-3-5-10-7-2-1-4-9-6-7;;/h1-2,4,6,10H,3,5,8H2;2*1H. The van der Waals surface area contributed by atoms with Gasteiger partial charge in [0.25, 0.3) is 0 Å². The second-order valence-electron chi connectivity index (χ2n) is 1.96. The quantitative estimate of drug-likeness (QED) is 0.790. The lowest BCUT2D eigenvalue weighted by Gasteiger charge is -2.01. The maximum atomic E-state index is 5.29. The number of hydrogen-bond acceptors (Lipinski definition) is 3. The second-order valence-corrected chi connectivity index (χ2v) is 1.96. The van der Waals surface area contributed by atoms with E-state index in [0.717, 1.165) is 12.2 Å². The van der Waals surface area contributed by atoms with Gasteiger partial charge in [-0.15, -0.1) is 24.8 Å². The first-order chi connectivity index (χ1) is 4.93. The van der Waals surface area contributed by atoms with Crippen molar-refractivity contribution in [3.05, 3.63) is 24.5 Å². The van der Waals surface area contributed by atoms with Crippen LogP contribution in [0, 0.1) is 0 Å². The molecular formula is C7H13Cl2N3. The van der Waals surface area contributed by atoms with E-state index < -0.39 is 0 Å². The van der Waals surface area contributed by atoms with Gasteiger partial charge in [0.15, 0.2) is 0 Å². The molecule has 1 aromatic heterocycles. The number of nitrogens with two attached hydrogens (primary N) is 1. The van der Waals surface area contributed by atoms with E-state index in [9.17, 15) is 0 Å². The minimum Gasteiger partial charge on any atom is -0.383 e. The number of nitrogens with one attached hydrogen (secondary N) is 1. The predicted octanol–water partition coefficient (Wildman–Crippen LogP) is 1.30. The maximum Gasteiger partial charge on any atom is 0.0527 e. The summed E-state index contributed by atoms with van der Waals surface area (Å²) >= 11 is 0. The predicted molar refractivity (Wildman–Crippen MR) is 56.3 cm³/mol. The molecule has 1 aromatic rings. The summed E-state index contributed by atoms with van der Waals surface area (Å²) in [4.78, 5) is 3.93. The molecule has 0 aliphatic rings. The Hall–Kier alpha value is -0.510. The van der Waals surface area contributed by atoms with Crippen LogP contribution >= 0.6 is 24.8 Å². The number of pyridine rings is 1. The highest BCUT2D eigenvalue weighted by Crippen LogP contribution is 2.00. The third-order valence-corrected chi connectivity index (χ3v) is 1.13. The Kier molecular flexibility index (Phi) is 10.0. The highest BCUT2D eigenvalue weighted by atomic mass is 35.5. The van der Waals surface area contributed by atoms with Gasteiger partial charge in [0, 0.05) is 25.5 Å². The summed E-state index contributed by atoms with van der Waals surface area (Å²) in [6.45, 7) is 1.45. The van der Waals surface area contributed by atoms with Gasteiger partial charge in [-0.3, -0.25) is 4.98 Å². The van der Waals surface area contributed by atoms with E-state index >= 15 is 0 Å². The van der Waals surface area contributed by atoms with E-state index in [4.69, 9.17) is 5.73 Å². The molecular weight excluding hydrogens is 197 g/mol. The molecule has 3 N–H and O–H groups in total. The number of rotatable bonds is 3. The van der Waals surface area contributed by atoms with E-state index in [0.29, 0.717) is 6.54 Å². The number of hydrogen-bond donors (Lipinski definition) is 2. The number of aromatic nitrogens is 1. The fraction of sp³-hybridized carbons (Fsp3) is 0.286. The Morgan fingerprint density at radius 1 is 1.42 bits per heavy atom. The van der Waals surface area contributed by atoms with Crippen LogP contribution in [0.2, 0.25) is 0 Å². The molecule has 1 heterocycles. The summed E-state index contributed by atoms with van der Waals surface area (Å²) in [5.41, 5.74) is 6.31. The molecule has 3 nitrogen and oxygen atoms in total. The van der Waals surface area contributed by atoms with Crippen LogP contribution in [0.15, 0.2) is 24.5 Å². The Bertz CT molecular complexity index is 181. The van der Waals surface area contributed by atoms with Gasteiger partial charge in [0.1, 0.15) is 0 Å². The lowest BCUT2D eigenvalue weighted by Crippen LogP contribution is -2.12. The van der Waals surface area contributed by atoms with Crippen LogP contribution in [0.4, 0.5) is 5.69 Å². The molecule has 0 amide bonds. The molecule has 70 valence electrons. The largest absolute Gasteiger partial charge is 0.383 e. The monoisotopic (exact) mass is 209 g/mol. The van der Waals surface area contributed by atoms with Gasteiger partial charge in [0.2, 0.25) is 0 Å². The normalized spacial score (nSPS) is 7.75. The van der Waals surface area contributed by atoms with Crippen molar-refractivity contribution in [1.82, 2.24) is 4.98 Å². The SMILES string of the molecule is Cl.Cl.NCCNc1cccnc1. The van der Waals surface area contributed by atoms with Crippen LogP contribution in [0.5, 0.6) is 0 Å². The highest BCUT2D eigenvalue weighted by molar-refractivity contribution is 5.85. The summed E-state index contributed by atoms with van der Waals surface area (Å²) in [6, 6.07) is 3.85. The van der Waals surface area contributed by atoms with Gasteiger partial charge in [-0.25, -0.2) is 0 Å². The van der Waals surface area contributed by atoms with Crippen LogP contribution in [0.3, 0.4) is 0 Å². The van der Waals surface area contributed by atoms with Crippen molar-refractivity contribution in [1.29, 1.82) is 0 Å². The molecule has 0 saturated heterocycles. The molecule has 5 heteroatoms.